The van der Waals surface area contributed by atoms with Crippen LogP contribution in [0.3, 0.4) is 0 Å². The van der Waals surface area contributed by atoms with Crippen molar-refractivity contribution in [2.45, 2.75) is 26.9 Å². The molecule has 2 heterocycles. The normalized spacial score (nSPS) is 10.4. The van der Waals surface area contributed by atoms with Crippen LogP contribution in [0.5, 0.6) is 0 Å². The maximum Gasteiger partial charge on any atom is 0.287 e. The van der Waals surface area contributed by atoms with Crippen molar-refractivity contribution in [3.8, 4) is 0 Å². The number of nitrogens with one attached hydrogen (secondary N) is 1. The Labute approximate surface area is 109 Å². The van der Waals surface area contributed by atoms with Crippen molar-refractivity contribution in [1.82, 2.24) is 19.7 Å². The Balaban J connectivity index is 2.10. The number of anilines is 1. The number of hydrogen-bond acceptors (Lipinski definition) is 6. The van der Waals surface area contributed by atoms with E-state index in [0.29, 0.717) is 12.4 Å². The minimum Gasteiger partial charge on any atom is -0.363 e. The predicted molar refractivity (Wildman–Crippen MR) is 68.7 cm³/mol. The zero-order chi connectivity index (χ0) is 13.8. The lowest BCUT2D eigenvalue weighted by Gasteiger charge is -2.08. The summed E-state index contributed by atoms with van der Waals surface area (Å²) in [5, 5.41) is 21.5. The van der Waals surface area contributed by atoms with Gasteiger partial charge in [0.2, 0.25) is 0 Å². The Bertz CT molecular complexity index is 595. The molecule has 0 aromatic carbocycles. The highest BCUT2D eigenvalue weighted by atomic mass is 16.6. The van der Waals surface area contributed by atoms with Gasteiger partial charge in [0.05, 0.1) is 11.5 Å². The van der Waals surface area contributed by atoms with Gasteiger partial charge < -0.3 is 9.88 Å². The first-order chi connectivity index (χ1) is 9.11. The molecule has 0 atom stereocenters. The summed E-state index contributed by atoms with van der Waals surface area (Å²) < 4.78 is 1.91. The molecule has 19 heavy (non-hydrogen) atoms. The zero-order valence-electron chi connectivity index (χ0n) is 10.7. The molecule has 0 bridgehead atoms. The number of rotatable bonds is 5. The van der Waals surface area contributed by atoms with E-state index in [2.05, 4.69) is 20.5 Å². The summed E-state index contributed by atoms with van der Waals surface area (Å²) in [5.41, 5.74) is 0.705. The summed E-state index contributed by atoms with van der Waals surface area (Å²) in [6.45, 7) is 5.03. The van der Waals surface area contributed by atoms with E-state index in [1.807, 2.05) is 11.5 Å². The molecule has 8 heteroatoms. The fraction of sp³-hybridized carbons (Fsp3) is 0.364. The van der Waals surface area contributed by atoms with Crippen molar-refractivity contribution in [2.75, 3.05) is 5.32 Å². The van der Waals surface area contributed by atoms with E-state index >= 15 is 0 Å². The molecule has 2 rings (SSSR count). The molecule has 2 aromatic heterocycles. The van der Waals surface area contributed by atoms with Crippen molar-refractivity contribution >= 4 is 11.5 Å². The summed E-state index contributed by atoms with van der Waals surface area (Å²) in [6, 6.07) is 1.49. The van der Waals surface area contributed by atoms with Gasteiger partial charge in [-0.15, -0.1) is 10.2 Å². The van der Waals surface area contributed by atoms with Crippen LogP contribution in [-0.4, -0.2) is 24.7 Å². The van der Waals surface area contributed by atoms with E-state index in [4.69, 9.17) is 0 Å². The number of nitro groups is 1. The van der Waals surface area contributed by atoms with Crippen LogP contribution in [0.15, 0.2) is 18.6 Å². The van der Waals surface area contributed by atoms with Crippen LogP contribution in [0.1, 0.15) is 18.3 Å². The van der Waals surface area contributed by atoms with Gasteiger partial charge in [0, 0.05) is 12.6 Å². The molecular weight excluding hydrogens is 248 g/mol. The van der Waals surface area contributed by atoms with Crippen LogP contribution in [-0.2, 0) is 13.1 Å². The molecule has 0 fully saturated rings. The van der Waals surface area contributed by atoms with Gasteiger partial charge in [-0.1, -0.05) is 0 Å². The van der Waals surface area contributed by atoms with Gasteiger partial charge in [-0.05, 0) is 19.4 Å². The molecule has 0 saturated carbocycles. The van der Waals surface area contributed by atoms with Gasteiger partial charge in [0.15, 0.2) is 5.82 Å². The maximum absolute atomic E-state index is 10.6. The molecule has 2 aromatic rings. The van der Waals surface area contributed by atoms with E-state index in [9.17, 15) is 10.1 Å². The third-order valence-electron chi connectivity index (χ3n) is 2.73. The highest BCUT2D eigenvalue weighted by Gasteiger charge is 2.10. The summed E-state index contributed by atoms with van der Waals surface area (Å²) in [6.07, 6.45) is 2.90. The van der Waals surface area contributed by atoms with E-state index in [1.165, 1.54) is 12.3 Å². The van der Waals surface area contributed by atoms with Crippen LogP contribution >= 0.6 is 0 Å². The second kappa shape index (κ2) is 5.42. The molecule has 0 radical (unpaired) electrons. The van der Waals surface area contributed by atoms with E-state index in [-0.39, 0.29) is 5.69 Å². The van der Waals surface area contributed by atoms with E-state index < -0.39 is 4.92 Å². The zero-order valence-corrected chi connectivity index (χ0v) is 10.7. The predicted octanol–water partition coefficient (Wildman–Crippen LogP) is 1.52. The highest BCUT2D eigenvalue weighted by molar-refractivity contribution is 5.48. The molecular formula is C11H14N6O2. The first-order valence-electron chi connectivity index (χ1n) is 5.83. The lowest BCUT2D eigenvalue weighted by molar-refractivity contribution is -0.385. The summed E-state index contributed by atoms with van der Waals surface area (Å²) >= 11 is 0. The first-order valence-corrected chi connectivity index (χ1v) is 5.83. The lowest BCUT2D eigenvalue weighted by atomic mass is 10.2. The molecule has 0 saturated heterocycles. The van der Waals surface area contributed by atoms with Crippen LogP contribution < -0.4 is 5.32 Å². The Hall–Kier alpha value is -2.51. The number of aromatic nitrogens is 4. The van der Waals surface area contributed by atoms with Gasteiger partial charge >= 0.3 is 0 Å². The van der Waals surface area contributed by atoms with E-state index in [0.717, 1.165) is 17.9 Å². The average molecular weight is 262 g/mol. The minimum absolute atomic E-state index is 0.0141. The standard InChI is InChI=1S/C11H14N6O2/c1-3-16-7-14-15-10(16)6-13-11-8(2)4-9(5-12-11)17(18)19/h4-5,7H,3,6H2,1-2H3,(H,12,13). The molecule has 0 unspecified atom stereocenters. The van der Waals surface area contributed by atoms with Gasteiger partial charge in [-0.2, -0.15) is 0 Å². The number of nitrogens with zero attached hydrogens (tertiary/aromatic N) is 5. The first kappa shape index (κ1) is 12.9. The van der Waals surface area contributed by atoms with Gasteiger partial charge in [0.1, 0.15) is 18.3 Å². The molecule has 0 spiro atoms. The fourth-order valence-electron chi connectivity index (χ4n) is 1.69. The quantitative estimate of drug-likeness (QED) is 0.648. The molecule has 1 N–H and O–H groups in total. The Morgan fingerprint density at radius 2 is 2.32 bits per heavy atom. The maximum atomic E-state index is 10.6. The molecule has 0 amide bonds. The van der Waals surface area contributed by atoms with Crippen LogP contribution in [0.2, 0.25) is 0 Å². The third kappa shape index (κ3) is 2.84. The summed E-state index contributed by atoms with van der Waals surface area (Å²) in [5.74, 6) is 1.40. The number of hydrogen-bond donors (Lipinski definition) is 1. The molecule has 0 aliphatic rings. The lowest BCUT2D eigenvalue weighted by Crippen LogP contribution is -2.09. The fourth-order valence-corrected chi connectivity index (χ4v) is 1.69. The number of pyridine rings is 1. The van der Waals surface area contributed by atoms with Crippen molar-refractivity contribution in [3.05, 3.63) is 40.1 Å². The molecule has 0 aliphatic carbocycles. The SMILES string of the molecule is CCn1cnnc1CNc1ncc([N+](=O)[O-])cc1C. The highest BCUT2D eigenvalue weighted by Crippen LogP contribution is 2.18. The molecule has 100 valence electrons. The topological polar surface area (TPSA) is 98.8 Å². The number of aryl methyl sites for hydroxylation is 2. The van der Waals surface area contributed by atoms with Gasteiger partial charge in [0.25, 0.3) is 5.69 Å². The Morgan fingerprint density at radius 3 is 2.95 bits per heavy atom. The summed E-state index contributed by atoms with van der Waals surface area (Å²) in [4.78, 5) is 14.2. The van der Waals surface area contributed by atoms with Crippen LogP contribution in [0, 0.1) is 17.0 Å². The molecule has 0 aliphatic heterocycles. The molecule has 8 nitrogen and oxygen atoms in total. The van der Waals surface area contributed by atoms with Crippen molar-refractivity contribution < 1.29 is 4.92 Å². The van der Waals surface area contributed by atoms with Crippen molar-refractivity contribution in [3.63, 3.8) is 0 Å². The second-order valence-electron chi connectivity index (χ2n) is 4.00. The van der Waals surface area contributed by atoms with Crippen molar-refractivity contribution in [1.29, 1.82) is 0 Å². The average Bonchev–Trinajstić information content (AvgIpc) is 2.84. The Kier molecular flexibility index (Phi) is 3.69. The minimum atomic E-state index is -0.461. The Morgan fingerprint density at radius 1 is 1.53 bits per heavy atom. The van der Waals surface area contributed by atoms with Crippen molar-refractivity contribution in [2.24, 2.45) is 0 Å². The van der Waals surface area contributed by atoms with E-state index in [1.54, 1.807) is 13.3 Å². The monoisotopic (exact) mass is 262 g/mol. The van der Waals surface area contributed by atoms with Crippen LogP contribution in [0.25, 0.3) is 0 Å². The second-order valence-corrected chi connectivity index (χ2v) is 4.00. The van der Waals surface area contributed by atoms with Gasteiger partial charge in [-0.3, -0.25) is 10.1 Å². The smallest absolute Gasteiger partial charge is 0.287 e. The van der Waals surface area contributed by atoms with Crippen LogP contribution in [0.4, 0.5) is 11.5 Å². The third-order valence-corrected chi connectivity index (χ3v) is 2.73. The van der Waals surface area contributed by atoms with Gasteiger partial charge in [-0.25, -0.2) is 4.98 Å². The largest absolute Gasteiger partial charge is 0.363 e. The summed E-state index contributed by atoms with van der Waals surface area (Å²) in [7, 11) is 0.